The first kappa shape index (κ1) is 25.7. The van der Waals surface area contributed by atoms with Crippen molar-refractivity contribution in [3.05, 3.63) is 107 Å². The van der Waals surface area contributed by atoms with Gasteiger partial charge in [-0.05, 0) is 30.2 Å². The number of carbonyl (C=O) groups excluding carboxylic acids is 2. The first-order valence-electron chi connectivity index (χ1n) is 12.9. The van der Waals surface area contributed by atoms with Gasteiger partial charge in [-0.15, -0.1) is 0 Å². The maximum atomic E-state index is 13.3. The van der Waals surface area contributed by atoms with Crippen molar-refractivity contribution in [2.75, 3.05) is 39.4 Å². The number of Topliss-reactive ketones (excluding diaryl/α,β-unsaturated/α-hetero) is 1. The van der Waals surface area contributed by atoms with Crippen molar-refractivity contribution < 1.29 is 24.2 Å². The third-order valence-electron chi connectivity index (χ3n) is 7.07. The summed E-state index contributed by atoms with van der Waals surface area (Å²) in [4.78, 5) is 30.3. The van der Waals surface area contributed by atoms with Gasteiger partial charge in [-0.2, -0.15) is 0 Å². The first-order valence-corrected chi connectivity index (χ1v) is 12.9. The number of benzene rings is 3. The van der Waals surface area contributed by atoms with Crippen LogP contribution in [0, 0.1) is 6.92 Å². The molecule has 5 rings (SSSR count). The van der Waals surface area contributed by atoms with Gasteiger partial charge in [0.1, 0.15) is 18.1 Å². The largest absolute Gasteiger partial charge is 0.507 e. The normalized spacial score (nSPS) is 19.6. The Labute approximate surface area is 222 Å². The van der Waals surface area contributed by atoms with E-state index in [1.54, 1.807) is 17.0 Å². The molecular weight excluding hydrogens is 480 g/mol. The van der Waals surface area contributed by atoms with Crippen LogP contribution in [0.1, 0.15) is 28.3 Å². The van der Waals surface area contributed by atoms with Gasteiger partial charge in [-0.3, -0.25) is 14.5 Å². The molecule has 1 amide bonds. The average molecular weight is 513 g/mol. The zero-order valence-electron chi connectivity index (χ0n) is 21.5. The van der Waals surface area contributed by atoms with Crippen molar-refractivity contribution in [1.82, 2.24) is 9.80 Å². The van der Waals surface area contributed by atoms with E-state index in [1.165, 1.54) is 0 Å². The van der Waals surface area contributed by atoms with Crippen molar-refractivity contribution in [3.63, 3.8) is 0 Å². The number of amides is 1. The van der Waals surface area contributed by atoms with Crippen molar-refractivity contribution in [2.45, 2.75) is 19.6 Å². The summed E-state index contributed by atoms with van der Waals surface area (Å²) in [5.41, 5.74) is 3.46. The molecule has 38 heavy (non-hydrogen) atoms. The zero-order valence-corrected chi connectivity index (χ0v) is 21.5. The number of ether oxygens (including phenoxy) is 2. The van der Waals surface area contributed by atoms with Gasteiger partial charge in [0.2, 0.25) is 0 Å². The average Bonchev–Trinajstić information content (AvgIpc) is 3.21. The molecule has 0 radical (unpaired) electrons. The standard InChI is InChI=1S/C31H32N2O5/c1-22-7-9-25(10-8-22)29(34)27-28(33(31(36)30(27)35)16-15-32-17-19-37-20-18-32)24-11-13-26(14-12-24)38-21-23-5-3-2-4-6-23/h2-14,28,34H,15-21H2,1H3. The number of hydrogen-bond donors (Lipinski definition) is 1. The molecule has 3 aromatic carbocycles. The quantitative estimate of drug-likeness (QED) is 0.275. The Balaban J connectivity index is 1.44. The fourth-order valence-corrected chi connectivity index (χ4v) is 4.89. The number of likely N-dealkylation sites (tertiary alicyclic amines) is 1. The molecule has 0 saturated carbocycles. The SMILES string of the molecule is Cc1ccc(C(O)=C2C(=O)C(=O)N(CCN3CCOCC3)C2c2ccc(OCc3ccccc3)cc2)cc1. The van der Waals surface area contributed by atoms with Gasteiger partial charge in [-0.25, -0.2) is 0 Å². The van der Waals surface area contributed by atoms with E-state index in [0.717, 1.165) is 29.8 Å². The summed E-state index contributed by atoms with van der Waals surface area (Å²) in [6.07, 6.45) is 0. The van der Waals surface area contributed by atoms with Crippen LogP contribution in [0.3, 0.4) is 0 Å². The van der Waals surface area contributed by atoms with Crippen LogP contribution in [-0.4, -0.2) is 66.0 Å². The Hall–Kier alpha value is -3.94. The molecule has 0 aromatic heterocycles. The highest BCUT2D eigenvalue weighted by atomic mass is 16.5. The van der Waals surface area contributed by atoms with Crippen LogP contribution in [0.2, 0.25) is 0 Å². The molecule has 0 spiro atoms. The van der Waals surface area contributed by atoms with E-state index in [4.69, 9.17) is 9.47 Å². The molecule has 2 saturated heterocycles. The van der Waals surface area contributed by atoms with Crippen LogP contribution >= 0.6 is 0 Å². The molecule has 7 nitrogen and oxygen atoms in total. The van der Waals surface area contributed by atoms with E-state index >= 15 is 0 Å². The van der Waals surface area contributed by atoms with Crippen molar-refractivity contribution >= 4 is 17.4 Å². The van der Waals surface area contributed by atoms with Crippen molar-refractivity contribution in [2.24, 2.45) is 0 Å². The fourth-order valence-electron chi connectivity index (χ4n) is 4.89. The van der Waals surface area contributed by atoms with Crippen LogP contribution in [0.4, 0.5) is 0 Å². The summed E-state index contributed by atoms with van der Waals surface area (Å²) in [5.74, 6) is -0.742. The molecule has 7 heteroatoms. The first-order chi connectivity index (χ1) is 18.5. The lowest BCUT2D eigenvalue weighted by Crippen LogP contribution is -2.42. The predicted molar refractivity (Wildman–Crippen MR) is 145 cm³/mol. The van der Waals surface area contributed by atoms with E-state index in [9.17, 15) is 14.7 Å². The molecule has 2 aliphatic heterocycles. The lowest BCUT2D eigenvalue weighted by Gasteiger charge is -2.31. The summed E-state index contributed by atoms with van der Waals surface area (Å²) < 4.78 is 11.4. The molecule has 0 aliphatic carbocycles. The minimum atomic E-state index is -0.694. The number of rotatable bonds is 8. The summed E-state index contributed by atoms with van der Waals surface area (Å²) in [5, 5.41) is 11.3. The molecular formula is C31H32N2O5. The third kappa shape index (κ3) is 5.64. The molecule has 196 valence electrons. The fraction of sp³-hybridized carbons (Fsp3) is 0.290. The molecule has 2 fully saturated rings. The highest BCUT2D eigenvalue weighted by molar-refractivity contribution is 6.46. The summed E-state index contributed by atoms with van der Waals surface area (Å²) in [6.45, 7) is 6.25. The number of aliphatic hydroxyl groups is 1. The van der Waals surface area contributed by atoms with Gasteiger partial charge in [0.05, 0.1) is 24.8 Å². The smallest absolute Gasteiger partial charge is 0.295 e. The Bertz CT molecular complexity index is 1300. The second-order valence-corrected chi connectivity index (χ2v) is 9.66. The number of aryl methyl sites for hydroxylation is 1. The lowest BCUT2D eigenvalue weighted by molar-refractivity contribution is -0.140. The molecule has 1 unspecified atom stereocenters. The van der Waals surface area contributed by atoms with Gasteiger partial charge in [0.25, 0.3) is 11.7 Å². The maximum Gasteiger partial charge on any atom is 0.295 e. The van der Waals surface area contributed by atoms with Gasteiger partial charge >= 0.3 is 0 Å². The molecule has 2 aliphatic rings. The number of nitrogens with zero attached hydrogens (tertiary/aromatic N) is 2. The van der Waals surface area contributed by atoms with Crippen LogP contribution in [0.5, 0.6) is 5.75 Å². The van der Waals surface area contributed by atoms with Crippen molar-refractivity contribution in [1.29, 1.82) is 0 Å². The van der Waals surface area contributed by atoms with E-state index in [1.807, 2.05) is 73.7 Å². The number of morpholine rings is 1. The molecule has 2 heterocycles. The predicted octanol–water partition coefficient (Wildman–Crippen LogP) is 4.33. The minimum absolute atomic E-state index is 0.110. The summed E-state index contributed by atoms with van der Waals surface area (Å²) in [6, 6.07) is 23.9. The molecule has 0 bridgehead atoms. The summed E-state index contributed by atoms with van der Waals surface area (Å²) in [7, 11) is 0. The van der Waals surface area contributed by atoms with Gasteiger partial charge in [0.15, 0.2) is 0 Å². The van der Waals surface area contributed by atoms with Gasteiger partial charge < -0.3 is 19.5 Å². The minimum Gasteiger partial charge on any atom is -0.507 e. The van der Waals surface area contributed by atoms with Gasteiger partial charge in [-0.1, -0.05) is 72.3 Å². The van der Waals surface area contributed by atoms with Crippen LogP contribution in [-0.2, 0) is 20.9 Å². The second-order valence-electron chi connectivity index (χ2n) is 9.66. The third-order valence-corrected chi connectivity index (χ3v) is 7.07. The number of aliphatic hydroxyl groups excluding tert-OH is 1. The topological polar surface area (TPSA) is 79.3 Å². The van der Waals surface area contributed by atoms with Crippen LogP contribution in [0.15, 0.2) is 84.4 Å². The zero-order chi connectivity index (χ0) is 26.5. The Morgan fingerprint density at radius 3 is 2.29 bits per heavy atom. The highest BCUT2D eigenvalue weighted by Crippen LogP contribution is 2.39. The summed E-state index contributed by atoms with van der Waals surface area (Å²) >= 11 is 0. The Kier molecular flexibility index (Phi) is 7.86. The van der Waals surface area contributed by atoms with Crippen molar-refractivity contribution in [3.8, 4) is 5.75 Å². The number of carbonyl (C=O) groups is 2. The van der Waals surface area contributed by atoms with E-state index in [0.29, 0.717) is 44.2 Å². The molecule has 1 atom stereocenters. The monoisotopic (exact) mass is 512 g/mol. The van der Waals surface area contributed by atoms with Gasteiger partial charge in [0, 0.05) is 31.7 Å². The molecule has 1 N–H and O–H groups in total. The van der Waals surface area contributed by atoms with E-state index < -0.39 is 17.7 Å². The van der Waals surface area contributed by atoms with E-state index in [-0.39, 0.29) is 11.3 Å². The Morgan fingerprint density at radius 2 is 1.61 bits per heavy atom. The highest BCUT2D eigenvalue weighted by Gasteiger charge is 2.46. The second kappa shape index (κ2) is 11.6. The molecule has 3 aromatic rings. The lowest BCUT2D eigenvalue weighted by atomic mass is 9.95. The van der Waals surface area contributed by atoms with E-state index in [2.05, 4.69) is 4.90 Å². The van der Waals surface area contributed by atoms with Crippen LogP contribution in [0.25, 0.3) is 5.76 Å². The van der Waals surface area contributed by atoms with Crippen LogP contribution < -0.4 is 4.74 Å². The number of hydrogen-bond acceptors (Lipinski definition) is 6. The number of ketones is 1. The maximum absolute atomic E-state index is 13.3. The Morgan fingerprint density at radius 1 is 0.921 bits per heavy atom.